The molecule has 112 valence electrons. The van der Waals surface area contributed by atoms with Crippen molar-refractivity contribution in [1.29, 1.82) is 0 Å². The van der Waals surface area contributed by atoms with Crippen molar-refractivity contribution in [2.75, 3.05) is 13.6 Å². The van der Waals surface area contributed by atoms with E-state index in [0.29, 0.717) is 12.5 Å². The van der Waals surface area contributed by atoms with Crippen LogP contribution in [0.15, 0.2) is 48.5 Å². The second-order valence-electron chi connectivity index (χ2n) is 5.60. The average Bonchev–Trinajstić information content (AvgIpc) is 2.52. The number of benzene rings is 2. The minimum absolute atomic E-state index is 0.473. The molecule has 0 saturated heterocycles. The Hall–Kier alpha value is -1.80. The first-order chi connectivity index (χ1) is 10.2. The van der Waals surface area contributed by atoms with Crippen LogP contribution in [0.5, 0.6) is 5.75 Å². The van der Waals surface area contributed by atoms with Crippen molar-refractivity contribution in [2.24, 2.45) is 0 Å². The zero-order valence-electron chi connectivity index (χ0n) is 13.2. The fourth-order valence-electron chi connectivity index (χ4n) is 2.45. The Balaban J connectivity index is 2.10. The molecule has 0 heterocycles. The summed E-state index contributed by atoms with van der Waals surface area (Å²) in [5.74, 6) is 1.47. The maximum Gasteiger partial charge on any atom is 0.123 e. The van der Waals surface area contributed by atoms with Gasteiger partial charge in [-0.3, -0.25) is 0 Å². The van der Waals surface area contributed by atoms with Gasteiger partial charge in [-0.2, -0.15) is 0 Å². The fraction of sp³-hybridized carbons (Fsp3) is 0.368. The highest BCUT2D eigenvalue weighted by molar-refractivity contribution is 5.36. The minimum atomic E-state index is 0.473. The van der Waals surface area contributed by atoms with E-state index in [9.17, 15) is 0 Å². The van der Waals surface area contributed by atoms with Gasteiger partial charge in [0, 0.05) is 0 Å². The van der Waals surface area contributed by atoms with Gasteiger partial charge in [-0.25, -0.2) is 0 Å². The molecule has 0 amide bonds. The van der Waals surface area contributed by atoms with Crippen LogP contribution >= 0.6 is 0 Å². The average molecular weight is 283 g/mol. The number of likely N-dealkylation sites (N-methyl/N-ethyl adjacent to an activating group) is 1. The molecule has 0 bridgehead atoms. The lowest BCUT2D eigenvalue weighted by Crippen LogP contribution is -2.12. The molecule has 0 saturated carbocycles. The van der Waals surface area contributed by atoms with Crippen molar-refractivity contribution in [3.8, 4) is 5.75 Å². The van der Waals surface area contributed by atoms with Crippen molar-refractivity contribution in [3.05, 3.63) is 65.2 Å². The molecule has 0 atom stereocenters. The lowest BCUT2D eigenvalue weighted by Gasteiger charge is -2.15. The number of hydrogen-bond donors (Lipinski definition) is 1. The van der Waals surface area contributed by atoms with Gasteiger partial charge >= 0.3 is 0 Å². The number of rotatable bonds is 7. The van der Waals surface area contributed by atoms with E-state index in [1.807, 2.05) is 13.1 Å². The molecule has 0 aliphatic carbocycles. The highest BCUT2D eigenvalue weighted by Gasteiger charge is 2.08. The predicted molar refractivity (Wildman–Crippen MR) is 88.9 cm³/mol. The van der Waals surface area contributed by atoms with Crippen LogP contribution in [0.25, 0.3) is 0 Å². The Labute approximate surface area is 128 Å². The summed E-state index contributed by atoms with van der Waals surface area (Å²) >= 11 is 0. The summed E-state index contributed by atoms with van der Waals surface area (Å²) in [6.07, 6.45) is 1.03. The van der Waals surface area contributed by atoms with Crippen LogP contribution in [0.1, 0.15) is 36.5 Å². The Kier molecular flexibility index (Phi) is 5.82. The van der Waals surface area contributed by atoms with Crippen molar-refractivity contribution < 1.29 is 4.74 Å². The van der Waals surface area contributed by atoms with Crippen LogP contribution in [-0.2, 0) is 13.0 Å². The third kappa shape index (κ3) is 4.33. The summed E-state index contributed by atoms with van der Waals surface area (Å²) in [4.78, 5) is 0. The van der Waals surface area contributed by atoms with E-state index in [2.05, 4.69) is 61.6 Å². The maximum atomic E-state index is 6.08. The first-order valence-corrected chi connectivity index (χ1v) is 7.65. The summed E-state index contributed by atoms with van der Waals surface area (Å²) in [6, 6.07) is 16.8. The Bertz CT molecular complexity index is 563. The summed E-state index contributed by atoms with van der Waals surface area (Å²) < 4.78 is 6.08. The highest BCUT2D eigenvalue weighted by atomic mass is 16.5. The molecule has 0 aromatic heterocycles. The van der Waals surface area contributed by atoms with Gasteiger partial charge in [-0.1, -0.05) is 56.3 Å². The van der Waals surface area contributed by atoms with Gasteiger partial charge in [0.05, 0.1) is 0 Å². The number of hydrogen-bond acceptors (Lipinski definition) is 2. The molecule has 0 aliphatic rings. The van der Waals surface area contributed by atoms with Crippen LogP contribution < -0.4 is 10.1 Å². The number of para-hydroxylation sites is 1. The van der Waals surface area contributed by atoms with E-state index in [4.69, 9.17) is 4.74 Å². The van der Waals surface area contributed by atoms with Crippen LogP contribution in [0.3, 0.4) is 0 Å². The van der Waals surface area contributed by atoms with E-state index in [1.165, 1.54) is 16.7 Å². The summed E-state index contributed by atoms with van der Waals surface area (Å²) in [5.41, 5.74) is 3.89. The van der Waals surface area contributed by atoms with Gasteiger partial charge in [0.2, 0.25) is 0 Å². The Morgan fingerprint density at radius 1 is 0.952 bits per heavy atom. The van der Waals surface area contributed by atoms with Gasteiger partial charge in [-0.15, -0.1) is 0 Å². The lowest BCUT2D eigenvalue weighted by atomic mass is 10.0. The molecule has 0 spiro atoms. The quantitative estimate of drug-likeness (QED) is 0.824. The van der Waals surface area contributed by atoms with Gasteiger partial charge in [0.1, 0.15) is 12.4 Å². The molecule has 2 rings (SSSR count). The first kappa shape index (κ1) is 15.6. The van der Waals surface area contributed by atoms with E-state index in [0.717, 1.165) is 18.7 Å². The van der Waals surface area contributed by atoms with Crippen molar-refractivity contribution in [1.82, 2.24) is 5.32 Å². The van der Waals surface area contributed by atoms with Gasteiger partial charge < -0.3 is 10.1 Å². The fourth-order valence-corrected chi connectivity index (χ4v) is 2.45. The third-order valence-electron chi connectivity index (χ3n) is 3.69. The standard InChI is InChI=1S/C19H25NO/c1-15(2)18-10-6-7-11-19(18)21-14-17-9-5-4-8-16(17)12-13-20-3/h4-11,15,20H,12-14H2,1-3H3. The first-order valence-electron chi connectivity index (χ1n) is 7.65. The van der Waals surface area contributed by atoms with E-state index in [1.54, 1.807) is 0 Å². The van der Waals surface area contributed by atoms with E-state index >= 15 is 0 Å². The van der Waals surface area contributed by atoms with Crippen LogP contribution in [0, 0.1) is 0 Å². The zero-order valence-corrected chi connectivity index (χ0v) is 13.2. The topological polar surface area (TPSA) is 21.3 Å². The largest absolute Gasteiger partial charge is 0.489 e. The molecule has 21 heavy (non-hydrogen) atoms. The zero-order chi connectivity index (χ0) is 15.1. The molecule has 2 heteroatoms. The monoisotopic (exact) mass is 283 g/mol. The molecule has 2 nitrogen and oxygen atoms in total. The summed E-state index contributed by atoms with van der Waals surface area (Å²) in [5, 5.41) is 3.20. The lowest BCUT2D eigenvalue weighted by molar-refractivity contribution is 0.300. The molecule has 2 aromatic rings. The molecular weight excluding hydrogens is 258 g/mol. The molecule has 2 aromatic carbocycles. The maximum absolute atomic E-state index is 6.08. The molecule has 0 unspecified atom stereocenters. The van der Waals surface area contributed by atoms with Crippen molar-refractivity contribution in [2.45, 2.75) is 32.8 Å². The molecule has 1 N–H and O–H groups in total. The van der Waals surface area contributed by atoms with Crippen LogP contribution in [-0.4, -0.2) is 13.6 Å². The number of ether oxygens (including phenoxy) is 1. The summed E-state index contributed by atoms with van der Waals surface area (Å²) in [6.45, 7) is 6.01. The smallest absolute Gasteiger partial charge is 0.123 e. The van der Waals surface area contributed by atoms with Gasteiger partial charge in [-0.05, 0) is 48.7 Å². The van der Waals surface area contributed by atoms with Crippen molar-refractivity contribution >= 4 is 0 Å². The molecule has 0 fully saturated rings. The van der Waals surface area contributed by atoms with E-state index < -0.39 is 0 Å². The van der Waals surface area contributed by atoms with Gasteiger partial charge in [0.15, 0.2) is 0 Å². The third-order valence-corrected chi connectivity index (χ3v) is 3.69. The second-order valence-corrected chi connectivity index (χ2v) is 5.60. The molecular formula is C19H25NO. The Morgan fingerprint density at radius 3 is 2.33 bits per heavy atom. The summed E-state index contributed by atoms with van der Waals surface area (Å²) in [7, 11) is 1.98. The predicted octanol–water partition coefficient (Wildman–Crippen LogP) is 4.15. The van der Waals surface area contributed by atoms with Crippen LogP contribution in [0.4, 0.5) is 0 Å². The SMILES string of the molecule is CNCCc1ccccc1COc1ccccc1C(C)C. The second kappa shape index (κ2) is 7.84. The number of nitrogens with one attached hydrogen (secondary N) is 1. The van der Waals surface area contributed by atoms with E-state index in [-0.39, 0.29) is 0 Å². The minimum Gasteiger partial charge on any atom is -0.489 e. The normalized spacial score (nSPS) is 10.9. The van der Waals surface area contributed by atoms with Gasteiger partial charge in [0.25, 0.3) is 0 Å². The van der Waals surface area contributed by atoms with Crippen LogP contribution in [0.2, 0.25) is 0 Å². The highest BCUT2D eigenvalue weighted by Crippen LogP contribution is 2.26. The molecule has 0 radical (unpaired) electrons. The Morgan fingerprint density at radius 2 is 1.62 bits per heavy atom. The molecule has 0 aliphatic heterocycles. The van der Waals surface area contributed by atoms with Crippen molar-refractivity contribution in [3.63, 3.8) is 0 Å².